The molecule has 202 valence electrons. The molecule has 0 unspecified atom stereocenters. The smallest absolute Gasteiger partial charge is 0.306 e. The van der Waals surface area contributed by atoms with Crippen LogP contribution in [-0.4, -0.2) is 63.8 Å². The Bertz CT molecular complexity index is 1580. The van der Waals surface area contributed by atoms with Crippen molar-refractivity contribution in [1.82, 2.24) is 10.3 Å². The molecule has 0 spiro atoms. The minimum atomic E-state index is -0.534. The van der Waals surface area contributed by atoms with Crippen molar-refractivity contribution >= 4 is 44.9 Å². The van der Waals surface area contributed by atoms with E-state index in [4.69, 9.17) is 34.9 Å². The van der Waals surface area contributed by atoms with E-state index in [-0.39, 0.29) is 27.8 Å². The Morgan fingerprint density at radius 2 is 1.87 bits per heavy atom. The van der Waals surface area contributed by atoms with Crippen LogP contribution in [-0.2, 0) is 4.74 Å². The highest BCUT2D eigenvalue weighted by Gasteiger charge is 2.28. The van der Waals surface area contributed by atoms with Crippen molar-refractivity contribution in [2.24, 2.45) is 0 Å². The largest absolute Gasteiger partial charge is 0.493 e. The summed E-state index contributed by atoms with van der Waals surface area (Å²) >= 11 is 1.04. The van der Waals surface area contributed by atoms with E-state index in [1.165, 1.54) is 26.1 Å². The maximum Gasteiger partial charge on any atom is 0.306 e. The highest BCUT2D eigenvalue weighted by atomic mass is 32.1. The van der Waals surface area contributed by atoms with E-state index < -0.39 is 5.91 Å². The minimum absolute atomic E-state index is 0.0104. The fourth-order valence-corrected chi connectivity index (χ4v) is 5.33. The number of carbonyl (C=O) groups is 1. The number of hydrogen-bond donors (Lipinski definition) is 3. The molecule has 0 aliphatic carbocycles. The maximum atomic E-state index is 13.3. The number of anilines is 3. The highest BCUT2D eigenvalue weighted by molar-refractivity contribution is 7.21. The van der Waals surface area contributed by atoms with Gasteiger partial charge in [0, 0.05) is 10.9 Å². The molecule has 5 rings (SSSR count). The van der Waals surface area contributed by atoms with Gasteiger partial charge in [0.2, 0.25) is 11.0 Å². The van der Waals surface area contributed by atoms with Crippen molar-refractivity contribution in [2.45, 2.75) is 0 Å². The maximum absolute atomic E-state index is 13.3. The van der Waals surface area contributed by atoms with Gasteiger partial charge in [0.1, 0.15) is 27.2 Å². The summed E-state index contributed by atoms with van der Waals surface area (Å²) in [7, 11) is 4.45. The zero-order valence-corrected chi connectivity index (χ0v) is 22.1. The van der Waals surface area contributed by atoms with Crippen LogP contribution in [0.3, 0.4) is 0 Å². The number of pyridine rings is 1. The second-order valence-corrected chi connectivity index (χ2v) is 9.30. The lowest BCUT2D eigenvalue weighted by Gasteiger charge is -2.18. The molecule has 1 fully saturated rings. The Labute approximate surface area is 226 Å². The lowest BCUT2D eigenvalue weighted by Crippen LogP contribution is -2.62. The number of hydrogen-bond acceptors (Lipinski definition) is 13. The molecule has 1 saturated heterocycles. The number of nitrogens with one attached hydrogen (secondary N) is 1. The summed E-state index contributed by atoms with van der Waals surface area (Å²) in [5.41, 5.74) is 13.8. The zero-order chi connectivity index (χ0) is 27.7. The van der Waals surface area contributed by atoms with Crippen LogP contribution < -0.4 is 40.8 Å². The van der Waals surface area contributed by atoms with E-state index in [1.54, 1.807) is 18.3 Å². The number of carbonyl (C=O) groups excluding carboxylic acids is 1. The van der Waals surface area contributed by atoms with Gasteiger partial charge in [-0.15, -0.1) is 16.3 Å². The Hall–Kier alpha value is -4.81. The third-order valence-corrected chi connectivity index (χ3v) is 7.24. The van der Waals surface area contributed by atoms with Crippen molar-refractivity contribution in [3.8, 4) is 34.4 Å². The van der Waals surface area contributed by atoms with Gasteiger partial charge in [-0.3, -0.25) is 14.6 Å². The summed E-state index contributed by atoms with van der Waals surface area (Å²) < 4.78 is 27.0. The molecule has 3 aromatic heterocycles. The third-order valence-electron chi connectivity index (χ3n) is 6.15. The molecule has 0 saturated carbocycles. The van der Waals surface area contributed by atoms with E-state index in [0.29, 0.717) is 64.9 Å². The van der Waals surface area contributed by atoms with Gasteiger partial charge in [-0.05, 0) is 17.7 Å². The number of nitriles is 1. The molecule has 1 aliphatic rings. The number of amides is 1. The summed E-state index contributed by atoms with van der Waals surface area (Å²) in [6.45, 7) is 2.39. The van der Waals surface area contributed by atoms with Gasteiger partial charge in [0.25, 0.3) is 12.1 Å². The minimum Gasteiger partial charge on any atom is -0.493 e. The lowest BCUT2D eigenvalue weighted by molar-refractivity contribution is -0.759. The second-order valence-electron chi connectivity index (χ2n) is 8.30. The van der Waals surface area contributed by atoms with Crippen molar-refractivity contribution in [2.75, 3.05) is 69.4 Å². The fourth-order valence-electron chi connectivity index (χ4n) is 4.32. The van der Waals surface area contributed by atoms with Gasteiger partial charge in [-0.1, -0.05) is 0 Å². The van der Waals surface area contributed by atoms with Gasteiger partial charge in [0.05, 0.1) is 58.1 Å². The molecule has 1 aromatic carbocycles. The zero-order valence-electron chi connectivity index (χ0n) is 21.3. The quantitative estimate of drug-likeness (QED) is 0.280. The first-order valence-electron chi connectivity index (χ1n) is 11.6. The lowest BCUT2D eigenvalue weighted by atomic mass is 9.96. The van der Waals surface area contributed by atoms with E-state index >= 15 is 0 Å². The predicted molar refractivity (Wildman–Crippen MR) is 142 cm³/mol. The van der Waals surface area contributed by atoms with E-state index in [0.717, 1.165) is 11.3 Å². The van der Waals surface area contributed by atoms with Crippen LogP contribution in [0.15, 0.2) is 22.9 Å². The van der Waals surface area contributed by atoms with Crippen LogP contribution in [0, 0.1) is 11.3 Å². The standard InChI is InChI=1S/C24H24N8O6S/c1-34-14-8-12(9-15(35-2)20(14)36-3)17-13(10-25)22(27)29-24-18(17)19(26)21(39-24)23(33)28-16-11-32(30-38-16)31-4-6-37-7-5-31/h8-9,11H,4-7H2,1-3H3,(H4-,26,27,28,29,30,33)/p+1. The monoisotopic (exact) mass is 553 g/mol. The molecule has 14 nitrogen and oxygen atoms in total. The van der Waals surface area contributed by atoms with E-state index in [9.17, 15) is 10.1 Å². The topological polar surface area (TPSA) is 188 Å². The first-order valence-corrected chi connectivity index (χ1v) is 12.5. The van der Waals surface area contributed by atoms with Crippen molar-refractivity contribution in [3.05, 3.63) is 28.8 Å². The molecule has 1 aliphatic heterocycles. The molecule has 15 heteroatoms. The molecule has 0 radical (unpaired) electrons. The first kappa shape index (κ1) is 25.8. The number of fused-ring (bicyclic) bond motifs is 1. The van der Waals surface area contributed by atoms with Gasteiger partial charge in [-0.2, -0.15) is 5.26 Å². The molecule has 4 heterocycles. The molecular weight excluding hydrogens is 528 g/mol. The number of rotatable bonds is 7. The fraction of sp³-hybridized carbons (Fsp3) is 0.292. The van der Waals surface area contributed by atoms with Gasteiger partial charge >= 0.3 is 5.88 Å². The Balaban J connectivity index is 1.58. The number of aromatic nitrogens is 3. The first-order chi connectivity index (χ1) is 18.9. The average molecular weight is 554 g/mol. The highest BCUT2D eigenvalue weighted by Crippen LogP contribution is 2.47. The van der Waals surface area contributed by atoms with Crippen LogP contribution in [0.2, 0.25) is 0 Å². The summed E-state index contributed by atoms with van der Waals surface area (Å²) in [6, 6.07) is 5.45. The molecule has 1 amide bonds. The van der Waals surface area contributed by atoms with Gasteiger partial charge in [-0.25, -0.2) is 4.98 Å². The van der Waals surface area contributed by atoms with Gasteiger partial charge < -0.3 is 30.4 Å². The number of thiophene rings is 1. The molecule has 0 atom stereocenters. The molecule has 39 heavy (non-hydrogen) atoms. The molecular formula is C24H25N8O6S+. The SMILES string of the molecule is COc1cc(-c2c(C#N)c(N)nc3sc(C(=O)Nc4c[n+](N5CCOCC5)no4)c(N)c23)cc(OC)c1OC. The molecule has 4 aromatic rings. The van der Waals surface area contributed by atoms with Crippen LogP contribution in [0.5, 0.6) is 17.2 Å². The summed E-state index contributed by atoms with van der Waals surface area (Å²) in [5.74, 6) is 0.686. The van der Waals surface area contributed by atoms with Crippen LogP contribution in [0.4, 0.5) is 17.4 Å². The number of ether oxygens (including phenoxy) is 4. The van der Waals surface area contributed by atoms with Crippen molar-refractivity contribution in [1.29, 1.82) is 5.26 Å². The number of benzene rings is 1. The normalized spacial score (nSPS) is 13.2. The van der Waals surface area contributed by atoms with E-state index in [1.807, 2.05) is 5.01 Å². The van der Waals surface area contributed by atoms with Crippen LogP contribution in [0.25, 0.3) is 21.3 Å². The van der Waals surface area contributed by atoms with Crippen molar-refractivity contribution in [3.63, 3.8) is 0 Å². The van der Waals surface area contributed by atoms with Crippen LogP contribution in [0.1, 0.15) is 15.2 Å². The number of morpholine rings is 1. The number of nitrogen functional groups attached to an aromatic ring is 2. The Morgan fingerprint density at radius 1 is 1.18 bits per heavy atom. The Kier molecular flexibility index (Phi) is 6.96. The Morgan fingerprint density at radius 3 is 2.49 bits per heavy atom. The molecule has 5 N–H and O–H groups in total. The van der Waals surface area contributed by atoms with Gasteiger partial charge in [0.15, 0.2) is 11.5 Å². The average Bonchev–Trinajstić information content (AvgIpc) is 3.55. The summed E-state index contributed by atoms with van der Waals surface area (Å²) in [5, 5.41) is 18.9. The van der Waals surface area contributed by atoms with Crippen molar-refractivity contribution < 1.29 is 33.1 Å². The number of nitrogens with zero attached hydrogens (tertiary/aromatic N) is 5. The second kappa shape index (κ2) is 10.5. The number of nitrogens with two attached hydrogens (primary N) is 2. The predicted octanol–water partition coefficient (Wildman–Crippen LogP) is 1.52. The summed E-state index contributed by atoms with van der Waals surface area (Å²) in [4.78, 5) is 19.7. The molecule has 0 bridgehead atoms. The third kappa shape index (κ3) is 4.56. The van der Waals surface area contributed by atoms with E-state index in [2.05, 4.69) is 21.6 Å². The number of methoxy groups -OCH3 is 3. The summed E-state index contributed by atoms with van der Waals surface area (Å²) in [6.07, 6.45) is 1.55. The van der Waals surface area contributed by atoms with Crippen LogP contribution >= 0.6 is 11.3 Å².